The summed E-state index contributed by atoms with van der Waals surface area (Å²) in [6.45, 7) is 0. The Hall–Kier alpha value is -7.12. The van der Waals surface area contributed by atoms with Gasteiger partial charge >= 0.3 is 0 Å². The summed E-state index contributed by atoms with van der Waals surface area (Å²) in [7, 11) is 0. The molecule has 0 atom stereocenters. The van der Waals surface area contributed by atoms with Gasteiger partial charge in [-0.15, -0.1) is 0 Å². The van der Waals surface area contributed by atoms with E-state index in [1.165, 1.54) is 0 Å². The highest BCUT2D eigenvalue weighted by Crippen LogP contribution is 2.39. The number of aromatic nitrogens is 6. The summed E-state index contributed by atoms with van der Waals surface area (Å²) in [5.41, 5.74) is 8.48. The Morgan fingerprint density at radius 1 is 0.373 bits per heavy atom. The van der Waals surface area contributed by atoms with Gasteiger partial charge in [0.25, 0.3) is 0 Å². The summed E-state index contributed by atoms with van der Waals surface area (Å²) < 4.78 is 6.20. The summed E-state index contributed by atoms with van der Waals surface area (Å²) >= 11 is 0. The number of benzene rings is 5. The summed E-state index contributed by atoms with van der Waals surface area (Å²) in [6.07, 6.45) is 3.64. The number of hydrogen-bond donors (Lipinski definition) is 0. The molecular weight excluding hydrogens is 629 g/mol. The minimum absolute atomic E-state index is 0.607. The molecule has 0 bridgehead atoms. The molecule has 10 aromatic rings. The molecular formula is C44H26N6O. The van der Waals surface area contributed by atoms with Gasteiger partial charge in [0.05, 0.1) is 11.4 Å². The molecule has 7 heteroatoms. The maximum atomic E-state index is 6.20. The lowest BCUT2D eigenvalue weighted by Gasteiger charge is -2.15. The highest BCUT2D eigenvalue weighted by molar-refractivity contribution is 6.09. The van der Waals surface area contributed by atoms with Gasteiger partial charge in [-0.2, -0.15) is 0 Å². The van der Waals surface area contributed by atoms with E-state index in [4.69, 9.17) is 29.3 Å². The first-order valence-electron chi connectivity index (χ1n) is 16.7. The molecule has 51 heavy (non-hydrogen) atoms. The topological polar surface area (TPSA) is 90.5 Å². The van der Waals surface area contributed by atoms with Crippen LogP contribution in [0.5, 0.6) is 0 Å². The number of pyridine rings is 3. The molecule has 7 nitrogen and oxygen atoms in total. The van der Waals surface area contributed by atoms with E-state index in [2.05, 4.69) is 59.6 Å². The van der Waals surface area contributed by atoms with E-state index >= 15 is 0 Å². The van der Waals surface area contributed by atoms with Crippen LogP contribution in [0.15, 0.2) is 162 Å². The van der Waals surface area contributed by atoms with E-state index in [0.717, 1.165) is 65.9 Å². The lowest BCUT2D eigenvalue weighted by Crippen LogP contribution is -2.01. The Balaban J connectivity index is 1.17. The van der Waals surface area contributed by atoms with Crippen LogP contribution < -0.4 is 0 Å². The van der Waals surface area contributed by atoms with Crippen molar-refractivity contribution < 1.29 is 4.42 Å². The van der Waals surface area contributed by atoms with Crippen molar-refractivity contribution >= 4 is 43.7 Å². The molecule has 0 aliphatic carbocycles. The van der Waals surface area contributed by atoms with Gasteiger partial charge < -0.3 is 4.42 Å². The number of nitrogens with zero attached hydrogens (tertiary/aromatic N) is 6. The van der Waals surface area contributed by atoms with Crippen LogP contribution in [0.1, 0.15) is 0 Å². The van der Waals surface area contributed by atoms with Gasteiger partial charge in [0.2, 0.25) is 0 Å². The van der Waals surface area contributed by atoms with Crippen molar-refractivity contribution in [1.82, 2.24) is 29.9 Å². The summed E-state index contributed by atoms with van der Waals surface area (Å²) in [5.74, 6) is 1.85. The fourth-order valence-electron chi connectivity index (χ4n) is 6.83. The van der Waals surface area contributed by atoms with Crippen LogP contribution in [-0.4, -0.2) is 29.9 Å². The Morgan fingerprint density at radius 3 is 1.73 bits per heavy atom. The first kappa shape index (κ1) is 28.9. The van der Waals surface area contributed by atoms with Crippen LogP contribution in [0.25, 0.3) is 100 Å². The zero-order valence-corrected chi connectivity index (χ0v) is 27.1. The Labute approximate surface area is 292 Å². The number of hydrogen-bond acceptors (Lipinski definition) is 7. The van der Waals surface area contributed by atoms with Crippen molar-refractivity contribution in [3.05, 3.63) is 158 Å². The largest absolute Gasteiger partial charge is 0.456 e. The van der Waals surface area contributed by atoms with E-state index in [-0.39, 0.29) is 0 Å². The zero-order chi connectivity index (χ0) is 33.7. The molecule has 0 radical (unpaired) electrons. The van der Waals surface area contributed by atoms with E-state index in [0.29, 0.717) is 34.5 Å². The van der Waals surface area contributed by atoms with Crippen molar-refractivity contribution in [2.45, 2.75) is 0 Å². The monoisotopic (exact) mass is 654 g/mol. The normalized spacial score (nSPS) is 11.5. The van der Waals surface area contributed by atoms with E-state index in [1.54, 1.807) is 6.20 Å². The molecule has 10 rings (SSSR count). The molecule has 5 heterocycles. The molecule has 0 amide bonds. The van der Waals surface area contributed by atoms with Gasteiger partial charge in [0.1, 0.15) is 11.2 Å². The molecule has 0 saturated heterocycles. The molecule has 0 N–H and O–H groups in total. The van der Waals surface area contributed by atoms with Gasteiger partial charge in [0.15, 0.2) is 23.1 Å². The summed E-state index contributed by atoms with van der Waals surface area (Å²) in [6, 6.07) is 48.8. The number of para-hydroxylation sites is 1. The van der Waals surface area contributed by atoms with Gasteiger partial charge in [-0.25, -0.2) is 24.9 Å². The second-order valence-electron chi connectivity index (χ2n) is 12.3. The average molecular weight is 655 g/mol. The number of furan rings is 1. The fourth-order valence-corrected chi connectivity index (χ4v) is 6.83. The maximum Gasteiger partial charge on any atom is 0.164 e. The van der Waals surface area contributed by atoms with Gasteiger partial charge in [-0.05, 0) is 52.2 Å². The first-order chi connectivity index (χ1) is 25.3. The highest BCUT2D eigenvalue weighted by atomic mass is 16.3. The van der Waals surface area contributed by atoms with Crippen molar-refractivity contribution in [3.63, 3.8) is 0 Å². The Bertz CT molecular complexity index is 2870. The lowest BCUT2D eigenvalue weighted by molar-refractivity contribution is 0.668. The summed E-state index contributed by atoms with van der Waals surface area (Å²) in [5, 5.41) is 5.04. The van der Waals surface area contributed by atoms with E-state index in [1.807, 2.05) is 97.2 Å². The summed E-state index contributed by atoms with van der Waals surface area (Å²) in [4.78, 5) is 29.5. The second kappa shape index (κ2) is 11.8. The van der Waals surface area contributed by atoms with Gasteiger partial charge in [0, 0.05) is 51.3 Å². The average Bonchev–Trinajstić information content (AvgIpc) is 3.58. The molecule has 0 unspecified atom stereocenters. The fraction of sp³-hybridized carbons (Fsp3) is 0. The van der Waals surface area contributed by atoms with Crippen LogP contribution >= 0.6 is 0 Å². The SMILES string of the molecule is c1ccc(-c2nc(-c3ccccc3)nc(-c3ccc(-c4cc(-c5cc6oc7ccccc7c6cn5)nc5ncccc45)c4ccccc34)n2)cc1. The quantitative estimate of drug-likeness (QED) is 0.182. The van der Waals surface area contributed by atoms with Crippen LogP contribution in [0.2, 0.25) is 0 Å². The van der Waals surface area contributed by atoms with Crippen molar-refractivity contribution in [2.75, 3.05) is 0 Å². The Morgan fingerprint density at radius 2 is 0.980 bits per heavy atom. The third kappa shape index (κ3) is 4.99. The van der Waals surface area contributed by atoms with Gasteiger partial charge in [-0.3, -0.25) is 4.98 Å². The standard InChI is InChI=1S/C44H26N6O/c1-3-12-27(13-4-1)41-48-42(28-14-5-2-6-15-28)50-44(49-41)34-22-21-31(29-16-7-8-17-30(29)34)35-24-38(47-43-33(35)19-11-23-45-43)37-25-40-36(26-46-37)32-18-9-10-20-39(32)51-40/h1-26H. The molecule has 0 saturated carbocycles. The molecule has 5 aromatic heterocycles. The Kier molecular flexibility index (Phi) is 6.67. The van der Waals surface area contributed by atoms with E-state index in [9.17, 15) is 0 Å². The predicted octanol–water partition coefficient (Wildman–Crippen LogP) is 10.6. The number of rotatable bonds is 5. The lowest BCUT2D eigenvalue weighted by atomic mass is 9.92. The van der Waals surface area contributed by atoms with Crippen LogP contribution in [-0.2, 0) is 0 Å². The van der Waals surface area contributed by atoms with Gasteiger partial charge in [-0.1, -0.05) is 109 Å². The highest BCUT2D eigenvalue weighted by Gasteiger charge is 2.19. The molecule has 238 valence electrons. The predicted molar refractivity (Wildman–Crippen MR) is 203 cm³/mol. The van der Waals surface area contributed by atoms with Crippen LogP contribution in [0.3, 0.4) is 0 Å². The zero-order valence-electron chi connectivity index (χ0n) is 27.1. The first-order valence-corrected chi connectivity index (χ1v) is 16.7. The third-order valence-corrected chi connectivity index (χ3v) is 9.26. The second-order valence-corrected chi connectivity index (χ2v) is 12.3. The van der Waals surface area contributed by atoms with E-state index < -0.39 is 0 Å². The smallest absolute Gasteiger partial charge is 0.164 e. The molecule has 0 spiro atoms. The minimum atomic E-state index is 0.607. The molecule has 0 fully saturated rings. The molecule has 0 aliphatic rings. The molecule has 5 aromatic carbocycles. The van der Waals surface area contributed by atoms with Crippen LogP contribution in [0.4, 0.5) is 0 Å². The van der Waals surface area contributed by atoms with Crippen molar-refractivity contribution in [2.24, 2.45) is 0 Å². The van der Waals surface area contributed by atoms with Crippen molar-refractivity contribution in [1.29, 1.82) is 0 Å². The van der Waals surface area contributed by atoms with Crippen LogP contribution in [0, 0.1) is 0 Å². The van der Waals surface area contributed by atoms with Crippen molar-refractivity contribution in [3.8, 4) is 56.7 Å². The minimum Gasteiger partial charge on any atom is -0.456 e. The molecule has 0 aliphatic heterocycles. The maximum absolute atomic E-state index is 6.20. The third-order valence-electron chi connectivity index (χ3n) is 9.26. The number of fused-ring (bicyclic) bond motifs is 5.